The zero-order chi connectivity index (χ0) is 7.44. The van der Waals surface area contributed by atoms with Crippen molar-refractivity contribution in [2.75, 3.05) is 0 Å². The molecule has 0 heterocycles. The molecule has 2 nitrogen and oxygen atoms in total. The predicted molar refractivity (Wildman–Crippen MR) is 35.0 cm³/mol. The fourth-order valence-corrected chi connectivity index (χ4v) is 0.874. The van der Waals surface area contributed by atoms with Crippen molar-refractivity contribution < 1.29 is 10.1 Å². The summed E-state index contributed by atoms with van der Waals surface area (Å²) in [6.45, 7) is 7.75. The van der Waals surface area contributed by atoms with Gasteiger partial charge in [-0.05, 0) is 11.2 Å². The first-order chi connectivity index (χ1) is 4.09. The Morgan fingerprint density at radius 2 is 1.78 bits per heavy atom. The molecule has 0 fully saturated rings. The van der Waals surface area contributed by atoms with Crippen LogP contribution in [0, 0.1) is 11.8 Å². The smallest absolute Gasteiger partial charge is 0.104 e. The van der Waals surface area contributed by atoms with Crippen LogP contribution in [0.25, 0.3) is 0 Å². The van der Waals surface area contributed by atoms with Crippen LogP contribution in [0.2, 0.25) is 0 Å². The highest BCUT2D eigenvalue weighted by Crippen LogP contribution is 2.16. The molecule has 0 amide bonds. The van der Waals surface area contributed by atoms with Crippen LogP contribution in [0.4, 0.5) is 0 Å². The van der Waals surface area contributed by atoms with Gasteiger partial charge in [-0.2, -0.15) is 4.89 Å². The van der Waals surface area contributed by atoms with Crippen LogP contribution in [0.1, 0.15) is 27.7 Å². The van der Waals surface area contributed by atoms with Gasteiger partial charge in [0.2, 0.25) is 0 Å². The Morgan fingerprint density at radius 3 is 1.78 bits per heavy atom. The van der Waals surface area contributed by atoms with Crippen LogP contribution >= 0.6 is 0 Å². The van der Waals surface area contributed by atoms with Crippen molar-refractivity contribution in [1.82, 2.24) is 0 Å². The molecule has 54 valence electrons. The standard InChI is InChI=1S/C7H14O2/c1-5(2)7(9-8)6(3)4/h5,7H,1-4H3. The summed E-state index contributed by atoms with van der Waals surface area (Å²) in [5.74, 6) is 1.33. The van der Waals surface area contributed by atoms with Crippen molar-refractivity contribution >= 4 is 0 Å². The number of hydrogen-bond donors (Lipinski definition) is 0. The average Bonchev–Trinajstić information content (AvgIpc) is 1.64. The Balaban J connectivity index is 3.68. The molecular formula is C7H14O2. The molecule has 9 heavy (non-hydrogen) atoms. The topological polar surface area (TPSA) is 29.1 Å². The van der Waals surface area contributed by atoms with Gasteiger partial charge in [0.1, 0.15) is 6.10 Å². The van der Waals surface area contributed by atoms with E-state index in [0.29, 0.717) is 0 Å². The van der Waals surface area contributed by atoms with Crippen LogP contribution in [-0.4, -0.2) is 6.10 Å². The molecule has 2 radical (unpaired) electrons. The Morgan fingerprint density at radius 1 is 1.33 bits per heavy atom. The van der Waals surface area contributed by atoms with E-state index in [-0.39, 0.29) is 12.0 Å². The molecule has 0 aliphatic rings. The van der Waals surface area contributed by atoms with Crippen molar-refractivity contribution in [3.8, 4) is 0 Å². The van der Waals surface area contributed by atoms with Gasteiger partial charge >= 0.3 is 0 Å². The first kappa shape index (κ1) is 8.92. The van der Waals surface area contributed by atoms with E-state index < -0.39 is 0 Å². The van der Waals surface area contributed by atoms with Crippen LogP contribution in [0.3, 0.4) is 0 Å². The van der Waals surface area contributed by atoms with E-state index in [1.807, 2.05) is 27.7 Å². The molecule has 0 rings (SSSR count). The summed E-state index contributed by atoms with van der Waals surface area (Å²) < 4.78 is 0. The van der Waals surface area contributed by atoms with Gasteiger partial charge < -0.3 is 0 Å². The quantitative estimate of drug-likeness (QED) is 0.424. The van der Waals surface area contributed by atoms with Crippen molar-refractivity contribution in [2.24, 2.45) is 5.92 Å². The van der Waals surface area contributed by atoms with Crippen LogP contribution < -0.4 is 0 Å². The summed E-state index contributed by atoms with van der Waals surface area (Å²) >= 11 is 0. The predicted octanol–water partition coefficient (Wildman–Crippen LogP) is 1.99. The van der Waals surface area contributed by atoms with Crippen molar-refractivity contribution in [3.63, 3.8) is 0 Å². The molecule has 2 heteroatoms. The Hall–Kier alpha value is -0.0800. The first-order valence-electron chi connectivity index (χ1n) is 3.18. The summed E-state index contributed by atoms with van der Waals surface area (Å²) in [5.41, 5.74) is 0. The summed E-state index contributed by atoms with van der Waals surface area (Å²) in [7, 11) is 0. The molecule has 0 aromatic rings. The minimum absolute atomic E-state index is 0.218. The molecular weight excluding hydrogens is 116 g/mol. The first-order valence-corrected chi connectivity index (χ1v) is 3.18. The normalized spacial score (nSPS) is 12.0. The molecule has 0 aliphatic carbocycles. The lowest BCUT2D eigenvalue weighted by atomic mass is 9.97. The minimum Gasteiger partial charge on any atom is -0.200 e. The lowest BCUT2D eigenvalue weighted by Crippen LogP contribution is -2.22. The molecule has 0 aromatic heterocycles. The van der Waals surface area contributed by atoms with Crippen LogP contribution in [-0.2, 0) is 10.1 Å². The zero-order valence-electron chi connectivity index (χ0n) is 6.47. The van der Waals surface area contributed by atoms with Crippen molar-refractivity contribution in [2.45, 2.75) is 33.8 Å². The lowest BCUT2D eigenvalue weighted by molar-refractivity contribution is -0.337. The van der Waals surface area contributed by atoms with Gasteiger partial charge in [0.15, 0.2) is 0 Å². The van der Waals surface area contributed by atoms with E-state index in [0.717, 1.165) is 5.92 Å². The van der Waals surface area contributed by atoms with E-state index in [1.165, 1.54) is 0 Å². The maximum absolute atomic E-state index is 9.99. The fourth-order valence-electron chi connectivity index (χ4n) is 0.874. The Kier molecular flexibility index (Phi) is 3.82. The van der Waals surface area contributed by atoms with E-state index in [1.54, 1.807) is 0 Å². The monoisotopic (exact) mass is 130 g/mol. The van der Waals surface area contributed by atoms with E-state index in [2.05, 4.69) is 4.89 Å². The summed E-state index contributed by atoms with van der Waals surface area (Å²) in [6.07, 6.45) is -0.218. The van der Waals surface area contributed by atoms with Crippen LogP contribution in [0.15, 0.2) is 0 Å². The molecule has 0 N–H and O–H groups in total. The van der Waals surface area contributed by atoms with E-state index in [4.69, 9.17) is 0 Å². The van der Waals surface area contributed by atoms with Gasteiger partial charge in [-0.15, -0.1) is 0 Å². The Bertz CT molecular complexity index is 61.3. The molecule has 0 aliphatic heterocycles. The molecule has 1 unspecified atom stereocenters. The highest BCUT2D eigenvalue weighted by atomic mass is 17.1. The average molecular weight is 130 g/mol. The van der Waals surface area contributed by atoms with Gasteiger partial charge in [0, 0.05) is 5.92 Å². The second kappa shape index (κ2) is 3.85. The van der Waals surface area contributed by atoms with Gasteiger partial charge in [0.05, 0.1) is 0 Å². The van der Waals surface area contributed by atoms with Crippen molar-refractivity contribution in [1.29, 1.82) is 0 Å². The highest BCUT2D eigenvalue weighted by Gasteiger charge is 2.18. The maximum Gasteiger partial charge on any atom is 0.104 e. The SMILES string of the molecule is C[C](C)C(O[O])C(C)C. The van der Waals surface area contributed by atoms with Crippen LogP contribution in [0.5, 0.6) is 0 Å². The summed E-state index contributed by atoms with van der Waals surface area (Å²) in [5, 5.41) is 9.99. The molecule has 0 bridgehead atoms. The Labute approximate surface area is 56.8 Å². The second-order valence-electron chi connectivity index (χ2n) is 2.84. The van der Waals surface area contributed by atoms with Gasteiger partial charge in [-0.25, -0.2) is 0 Å². The number of rotatable bonds is 3. The van der Waals surface area contributed by atoms with E-state index in [9.17, 15) is 5.26 Å². The summed E-state index contributed by atoms with van der Waals surface area (Å²) in [6, 6.07) is 0. The van der Waals surface area contributed by atoms with E-state index >= 15 is 0 Å². The largest absolute Gasteiger partial charge is 0.200 e. The van der Waals surface area contributed by atoms with Gasteiger partial charge in [-0.1, -0.05) is 27.7 Å². The highest BCUT2D eigenvalue weighted by molar-refractivity contribution is 4.89. The third kappa shape index (κ3) is 2.82. The lowest BCUT2D eigenvalue weighted by Gasteiger charge is -2.18. The molecule has 0 saturated carbocycles. The molecule has 0 saturated heterocycles. The van der Waals surface area contributed by atoms with Gasteiger partial charge in [-0.3, -0.25) is 0 Å². The molecule has 1 atom stereocenters. The van der Waals surface area contributed by atoms with Crippen molar-refractivity contribution in [3.05, 3.63) is 5.92 Å². The summed E-state index contributed by atoms with van der Waals surface area (Å²) in [4.78, 5) is 3.99. The zero-order valence-corrected chi connectivity index (χ0v) is 6.47. The number of hydrogen-bond acceptors (Lipinski definition) is 1. The third-order valence-electron chi connectivity index (χ3n) is 1.28. The third-order valence-corrected chi connectivity index (χ3v) is 1.28. The fraction of sp³-hybridized carbons (Fsp3) is 0.857. The minimum atomic E-state index is -0.218. The molecule has 0 aromatic carbocycles. The van der Waals surface area contributed by atoms with Gasteiger partial charge in [0.25, 0.3) is 0 Å². The maximum atomic E-state index is 9.99. The second-order valence-corrected chi connectivity index (χ2v) is 2.84. The molecule has 0 spiro atoms.